The molecule has 0 radical (unpaired) electrons. The summed E-state index contributed by atoms with van der Waals surface area (Å²) in [5, 5.41) is 5.10. The van der Waals surface area contributed by atoms with Crippen molar-refractivity contribution in [2.45, 2.75) is 45.1 Å². The Balaban J connectivity index is 1.40. The zero-order valence-electron chi connectivity index (χ0n) is 19.3. The van der Waals surface area contributed by atoms with Gasteiger partial charge in [0.1, 0.15) is 5.75 Å². The summed E-state index contributed by atoms with van der Waals surface area (Å²) in [6.45, 7) is 6.63. The summed E-state index contributed by atoms with van der Waals surface area (Å²) in [6, 6.07) is 11.8. The fraction of sp³-hybridized carbons (Fsp3) is 0.538. The average molecular weight is 438 g/mol. The molecule has 0 bridgehead atoms. The van der Waals surface area contributed by atoms with E-state index in [9.17, 15) is 9.59 Å². The molecule has 2 amide bonds. The first-order valence-electron chi connectivity index (χ1n) is 12.0. The van der Waals surface area contributed by atoms with E-state index in [-0.39, 0.29) is 23.8 Å². The number of hydrogen-bond acceptors (Lipinski definition) is 4. The van der Waals surface area contributed by atoms with Crippen LogP contribution in [-0.4, -0.2) is 67.5 Å². The van der Waals surface area contributed by atoms with E-state index < -0.39 is 0 Å². The molecular formula is C26H35N3O3. The predicted molar refractivity (Wildman–Crippen MR) is 127 cm³/mol. The van der Waals surface area contributed by atoms with Crippen LogP contribution in [0.25, 0.3) is 10.8 Å². The number of carbonyl (C=O) groups excluding carboxylic acids is 2. The third-order valence-electron chi connectivity index (χ3n) is 6.89. The van der Waals surface area contributed by atoms with E-state index in [1.165, 1.54) is 6.42 Å². The molecule has 172 valence electrons. The normalized spacial score (nSPS) is 20.3. The number of nitrogens with zero attached hydrogens (tertiary/aromatic N) is 2. The second-order valence-corrected chi connectivity index (χ2v) is 9.08. The Kier molecular flexibility index (Phi) is 7.30. The zero-order chi connectivity index (χ0) is 22.5. The molecule has 0 aliphatic carbocycles. The predicted octanol–water partition coefficient (Wildman–Crippen LogP) is 3.69. The van der Waals surface area contributed by atoms with Crippen molar-refractivity contribution in [3.63, 3.8) is 0 Å². The van der Waals surface area contributed by atoms with Crippen LogP contribution in [-0.2, 0) is 4.79 Å². The fourth-order valence-electron chi connectivity index (χ4n) is 5.12. The second kappa shape index (κ2) is 10.3. The van der Waals surface area contributed by atoms with Crippen molar-refractivity contribution >= 4 is 22.6 Å². The molecule has 1 atom stereocenters. The SMILES string of the molecule is CCCN1CCC(NC(=O)C2CCCN(C(=O)c3ccc(OC)c4ccccc34)C2)CC1. The van der Waals surface area contributed by atoms with Crippen LogP contribution in [0.2, 0.25) is 0 Å². The zero-order valence-corrected chi connectivity index (χ0v) is 19.3. The molecule has 2 aromatic carbocycles. The summed E-state index contributed by atoms with van der Waals surface area (Å²) < 4.78 is 5.47. The minimum atomic E-state index is -0.133. The molecule has 2 heterocycles. The molecule has 2 aliphatic heterocycles. The van der Waals surface area contributed by atoms with Gasteiger partial charge in [-0.05, 0) is 56.2 Å². The minimum Gasteiger partial charge on any atom is -0.496 e. The van der Waals surface area contributed by atoms with Crippen molar-refractivity contribution in [3.8, 4) is 5.75 Å². The summed E-state index contributed by atoms with van der Waals surface area (Å²) in [6.07, 6.45) is 4.89. The number of fused-ring (bicyclic) bond motifs is 1. The molecule has 6 heteroatoms. The highest BCUT2D eigenvalue weighted by Gasteiger charge is 2.31. The monoisotopic (exact) mass is 437 g/mol. The van der Waals surface area contributed by atoms with Crippen LogP contribution in [0.1, 0.15) is 49.4 Å². The van der Waals surface area contributed by atoms with Gasteiger partial charge in [0.05, 0.1) is 13.0 Å². The Morgan fingerprint density at radius 3 is 2.50 bits per heavy atom. The third kappa shape index (κ3) is 4.90. The summed E-state index contributed by atoms with van der Waals surface area (Å²) in [4.78, 5) is 30.7. The fourth-order valence-corrected chi connectivity index (χ4v) is 5.12. The van der Waals surface area contributed by atoms with Crippen LogP contribution in [0.4, 0.5) is 0 Å². The second-order valence-electron chi connectivity index (χ2n) is 9.08. The van der Waals surface area contributed by atoms with E-state index in [0.29, 0.717) is 18.7 Å². The smallest absolute Gasteiger partial charge is 0.254 e. The van der Waals surface area contributed by atoms with Crippen LogP contribution in [0, 0.1) is 5.92 Å². The van der Waals surface area contributed by atoms with Crippen molar-refractivity contribution in [3.05, 3.63) is 42.0 Å². The third-order valence-corrected chi connectivity index (χ3v) is 6.89. The Morgan fingerprint density at radius 1 is 1.03 bits per heavy atom. The van der Waals surface area contributed by atoms with E-state index in [0.717, 1.165) is 61.8 Å². The van der Waals surface area contributed by atoms with E-state index in [4.69, 9.17) is 4.74 Å². The van der Waals surface area contributed by atoms with Crippen LogP contribution in [0.5, 0.6) is 5.75 Å². The Hall–Kier alpha value is -2.60. The number of methoxy groups -OCH3 is 1. The first-order chi connectivity index (χ1) is 15.6. The number of ether oxygens (including phenoxy) is 1. The van der Waals surface area contributed by atoms with E-state index in [1.807, 2.05) is 41.3 Å². The van der Waals surface area contributed by atoms with Crippen molar-refractivity contribution in [2.75, 3.05) is 39.8 Å². The Labute approximate surface area is 190 Å². The van der Waals surface area contributed by atoms with Crippen LogP contribution < -0.4 is 10.1 Å². The molecule has 0 aromatic heterocycles. The highest BCUT2D eigenvalue weighted by atomic mass is 16.5. The summed E-state index contributed by atoms with van der Waals surface area (Å²) >= 11 is 0. The maximum Gasteiger partial charge on any atom is 0.254 e. The Morgan fingerprint density at radius 2 is 1.78 bits per heavy atom. The van der Waals surface area contributed by atoms with Crippen molar-refractivity contribution < 1.29 is 14.3 Å². The van der Waals surface area contributed by atoms with Crippen molar-refractivity contribution in [2.24, 2.45) is 5.92 Å². The minimum absolute atomic E-state index is 0.00535. The standard InChI is InChI=1S/C26H35N3O3/c1-3-14-28-16-12-20(13-17-28)27-25(30)19-7-6-15-29(18-19)26(31)23-10-11-24(32-2)22-9-5-4-8-21(22)23/h4-5,8-11,19-20H,3,6-7,12-18H2,1-2H3,(H,27,30). The molecule has 2 aliphatic rings. The van der Waals surface area contributed by atoms with Crippen LogP contribution in [0.3, 0.4) is 0 Å². The summed E-state index contributed by atoms with van der Waals surface area (Å²) in [7, 11) is 1.64. The lowest BCUT2D eigenvalue weighted by molar-refractivity contribution is -0.127. The quantitative estimate of drug-likeness (QED) is 0.749. The summed E-state index contributed by atoms with van der Waals surface area (Å²) in [5.74, 6) is 0.731. The molecule has 2 aromatic rings. The molecule has 2 fully saturated rings. The lowest BCUT2D eigenvalue weighted by Crippen LogP contribution is -2.50. The molecule has 32 heavy (non-hydrogen) atoms. The van der Waals surface area contributed by atoms with Crippen molar-refractivity contribution in [1.82, 2.24) is 15.1 Å². The van der Waals surface area contributed by atoms with Gasteiger partial charge >= 0.3 is 0 Å². The van der Waals surface area contributed by atoms with E-state index in [2.05, 4.69) is 17.1 Å². The van der Waals surface area contributed by atoms with Crippen LogP contribution >= 0.6 is 0 Å². The van der Waals surface area contributed by atoms with Gasteiger partial charge in [0.15, 0.2) is 0 Å². The van der Waals surface area contributed by atoms with Crippen LogP contribution in [0.15, 0.2) is 36.4 Å². The van der Waals surface area contributed by atoms with Gasteiger partial charge in [-0.25, -0.2) is 0 Å². The topological polar surface area (TPSA) is 61.9 Å². The number of piperidine rings is 2. The van der Waals surface area contributed by atoms with Gasteiger partial charge in [-0.2, -0.15) is 0 Å². The molecular weight excluding hydrogens is 402 g/mol. The first-order valence-corrected chi connectivity index (χ1v) is 12.0. The molecule has 6 nitrogen and oxygen atoms in total. The Bertz CT molecular complexity index is 952. The largest absolute Gasteiger partial charge is 0.496 e. The highest BCUT2D eigenvalue weighted by Crippen LogP contribution is 2.30. The number of carbonyl (C=O) groups is 2. The number of benzene rings is 2. The van der Waals surface area contributed by atoms with Gasteiger partial charge in [-0.15, -0.1) is 0 Å². The average Bonchev–Trinajstić information content (AvgIpc) is 2.84. The number of hydrogen-bond donors (Lipinski definition) is 1. The number of nitrogens with one attached hydrogen (secondary N) is 1. The van der Waals surface area contributed by atoms with E-state index >= 15 is 0 Å². The molecule has 0 saturated carbocycles. The van der Waals surface area contributed by atoms with E-state index in [1.54, 1.807) is 7.11 Å². The molecule has 0 spiro atoms. The van der Waals surface area contributed by atoms with Gasteiger partial charge < -0.3 is 19.9 Å². The van der Waals surface area contributed by atoms with Crippen molar-refractivity contribution in [1.29, 1.82) is 0 Å². The summed E-state index contributed by atoms with van der Waals surface area (Å²) in [5.41, 5.74) is 0.672. The molecule has 4 rings (SSSR count). The number of rotatable bonds is 6. The molecule has 1 N–H and O–H groups in total. The van der Waals surface area contributed by atoms with Gasteiger partial charge in [-0.3, -0.25) is 9.59 Å². The van der Waals surface area contributed by atoms with Gasteiger partial charge in [0.25, 0.3) is 5.91 Å². The van der Waals surface area contributed by atoms with Gasteiger partial charge in [-0.1, -0.05) is 31.2 Å². The molecule has 1 unspecified atom stereocenters. The number of likely N-dealkylation sites (tertiary alicyclic amines) is 2. The lowest BCUT2D eigenvalue weighted by Gasteiger charge is -2.35. The van der Waals surface area contributed by atoms with Gasteiger partial charge in [0.2, 0.25) is 5.91 Å². The van der Waals surface area contributed by atoms with Gasteiger partial charge in [0, 0.05) is 43.2 Å². The maximum absolute atomic E-state index is 13.4. The lowest BCUT2D eigenvalue weighted by atomic mass is 9.94. The maximum atomic E-state index is 13.4. The first kappa shape index (κ1) is 22.6. The highest BCUT2D eigenvalue weighted by molar-refractivity contribution is 6.08. The molecule has 2 saturated heterocycles. The number of amides is 2.